The average Bonchev–Trinajstić information content (AvgIpc) is 1.62. The van der Waals surface area contributed by atoms with Crippen LogP contribution < -0.4 is 103 Å². The molecule has 71 heteroatoms. The number of rotatable bonds is 41. The van der Waals surface area contributed by atoms with E-state index in [1.165, 1.54) is 55.6 Å². The Kier molecular flexibility index (Phi) is 34.7. The minimum Gasteiger partial charge on any atom is -0.780 e. The van der Waals surface area contributed by atoms with Crippen LogP contribution in [0, 0.1) is 41.5 Å². The zero-order chi connectivity index (χ0) is 104. The van der Waals surface area contributed by atoms with E-state index in [0.29, 0.717) is 11.1 Å². The number of nitrogens with zero attached hydrogens (tertiary/aromatic N) is 12. The molecule has 8 aromatic rings. The van der Waals surface area contributed by atoms with E-state index < -0.39 is 298 Å². The highest BCUT2D eigenvalue weighted by atomic mass is 32.7. The Hall–Kier alpha value is -6.17. The monoisotopic (exact) mass is 2270 g/mol. The molecule has 0 saturated carbocycles. The SMILES string of the molecule is CC[C@H]1O[C@@H](n2cc(C)c(N)nc2=O)CC1OP([O-])(=S)OC[C@H]1O[C@@H](n2cc(C)c(=O)[nH]c2=O)CC1OP(=O)([S-])OC[C@H]1O[C@@H](n2cc(C)c(=O)[nH]c2=O)CC1OP([O-])(=S)OC[C@H]1O[C@@H](n2cc(C)c(=O)[nH]c2=O)CC1OP([O-])(=S)OC[C@H]1O[C@@H](n2cnc3c(N)ncnc32)CC1OP([O-])(=S)OC[C@H]1O[C@@H](n2cc(C)c(=O)[nH]c2=O)CC1OP([O-])(=S)OC[C@H]1O[C@@H](n2cc(C)c(N)nc2=O)CC1OP([O-])(=S)OC. The van der Waals surface area contributed by atoms with Crippen LogP contribution in [0.15, 0.2) is 97.8 Å². The zero-order valence-electron chi connectivity index (χ0n) is 75.7. The van der Waals surface area contributed by atoms with Crippen molar-refractivity contribution in [2.24, 2.45) is 0 Å². The lowest BCUT2D eigenvalue weighted by atomic mass is 10.1. The summed E-state index contributed by atoms with van der Waals surface area (Å²) in [5, 5.41) is 0. The highest BCUT2D eigenvalue weighted by Crippen LogP contribution is 2.57. The first-order valence-electron chi connectivity index (χ1n) is 43.0. The van der Waals surface area contributed by atoms with Crippen LogP contribution in [0.2, 0.25) is 0 Å². The summed E-state index contributed by atoms with van der Waals surface area (Å²) in [5.74, 6) is -0.136. The van der Waals surface area contributed by atoms with Gasteiger partial charge in [-0.2, -0.15) is 9.97 Å². The van der Waals surface area contributed by atoms with E-state index in [4.69, 9.17) is 197 Å². The predicted octanol–water partition coefficient (Wildman–Crippen LogP) is -2.83. The van der Waals surface area contributed by atoms with Gasteiger partial charge in [0.15, 0.2) is 18.3 Å². The summed E-state index contributed by atoms with van der Waals surface area (Å²) in [6.07, 6.45) is -21.8. The van der Waals surface area contributed by atoms with Crippen LogP contribution in [-0.4, -0.2) is 209 Å². The number of nitrogen functional groups attached to an aromatic ring is 3. The van der Waals surface area contributed by atoms with Gasteiger partial charge >= 0.3 is 34.1 Å². The number of nitrogens with one attached hydrogen (secondary N) is 4. The molecule has 0 spiro atoms. The summed E-state index contributed by atoms with van der Waals surface area (Å²) < 4.78 is 147. The van der Waals surface area contributed by atoms with Crippen LogP contribution in [-0.2, 0) is 184 Å². The average molecular weight is 2270 g/mol. The first-order chi connectivity index (χ1) is 67.1. The molecule has 8 aromatic heterocycles. The molecule has 7 fully saturated rings. The normalized spacial score (nSPS) is 29.7. The fourth-order valence-electron chi connectivity index (χ4n) is 16.4. The van der Waals surface area contributed by atoms with Crippen molar-refractivity contribution in [2.45, 2.75) is 229 Å². The number of anilines is 3. The van der Waals surface area contributed by atoms with E-state index in [-0.39, 0.29) is 76.6 Å². The smallest absolute Gasteiger partial charge is 0.351 e. The van der Waals surface area contributed by atoms with Gasteiger partial charge in [-0.3, -0.25) is 75.6 Å². The topological polar surface area (TPSA) is 760 Å². The third kappa shape index (κ3) is 26.9. The molecule has 57 nitrogen and oxygen atoms in total. The van der Waals surface area contributed by atoms with Crippen LogP contribution in [0.5, 0.6) is 0 Å². The van der Waals surface area contributed by atoms with Crippen molar-refractivity contribution in [3.8, 4) is 0 Å². The van der Waals surface area contributed by atoms with Crippen molar-refractivity contribution >= 4 is 159 Å². The molecule has 786 valence electrons. The number of nitrogens with two attached hydrogens (primary N) is 3. The van der Waals surface area contributed by atoms with Gasteiger partial charge in [0.2, 0.25) is 0 Å². The van der Waals surface area contributed by atoms with Gasteiger partial charge in [0.25, 0.3) is 22.2 Å². The first-order valence-corrected chi connectivity index (χ1v) is 60.9. The molecule has 15 heterocycles. The van der Waals surface area contributed by atoms with E-state index in [0.717, 1.165) is 61.1 Å². The number of hydrogen-bond acceptors (Lipinski definition) is 53. The molecule has 28 atom stereocenters. The standard InChI is InChI=1S/C72H98N19O38P7S7/c1-9-37-38(10-51(116-37)85-17-31(2)59(73)79-67(85)96)124-131(103,138)110-24-46-40(12-53(118-46)87-19-33(4)63(92)81-69(87)98)126-133(105,140)112-25-47-42(14-55(119-47)89-21-35(6)65(94)83-71(89)100)127-134(106,141)113-26-48-43(15-56(120-48)90-22-36(7)66(95)84-72(90)101)128-135(107,142)115-28-50-44(16-57(122-50)91-30-78-58-61(75)76-29-77-62(58)91)129-136(108,143)114-27-49-41(13-54(121-49)88-20-34(5)64(93)82-70(88)99)125-132(104,139)111-23-45-39(123-130(102,137)109-8)11-52(117-45)86-18-32(3)60(74)80-68(86)97/h17-22,29-30,37-57H,9-16,23-28H2,1-8H3,(H,102,137)(H,103,138)(H,104,139)(H,105,140)(H,106,141)(H,107,142)(H,108,143)(H2,73,79,96)(H2,74,80,97)(H2,75,76,77)(H,81,92,98)(H,82,93,99)(H,83,94,100)(H,84,95,101)/p-7/t37-,38?,39?,40?,41?,42?,43?,44?,45-,46-,47-,48-,49-,50-,51-,52-,53-,54-,55-,56-,57-,130?,131?,132?,133?,134?,135?,136?/m1/s1. The van der Waals surface area contributed by atoms with Crippen LogP contribution in [0.3, 0.4) is 0 Å². The number of H-pyrrole nitrogens is 4. The van der Waals surface area contributed by atoms with Gasteiger partial charge in [-0.05, 0) is 48.0 Å². The number of imidazole rings is 1. The third-order valence-corrected chi connectivity index (χ3v) is 34.7. The van der Waals surface area contributed by atoms with Gasteiger partial charge in [0.05, 0.1) is 94.8 Å². The Morgan fingerprint density at radius 3 is 0.909 bits per heavy atom. The summed E-state index contributed by atoms with van der Waals surface area (Å²) in [4.78, 5) is 245. The Morgan fingerprint density at radius 1 is 0.364 bits per heavy atom. The van der Waals surface area contributed by atoms with E-state index in [1.54, 1.807) is 20.8 Å². The van der Waals surface area contributed by atoms with Gasteiger partial charge < -0.3 is 155 Å². The molecular weight excluding hydrogens is 2180 g/mol. The third-order valence-electron chi connectivity index (χ3n) is 23.6. The van der Waals surface area contributed by atoms with Crippen LogP contribution in [0.4, 0.5) is 17.5 Å². The van der Waals surface area contributed by atoms with Crippen molar-refractivity contribution in [1.82, 2.24) is 76.8 Å². The van der Waals surface area contributed by atoms with E-state index in [2.05, 4.69) is 44.9 Å². The number of hydrogen-bond donors (Lipinski definition) is 7. The molecule has 0 amide bonds. The largest absolute Gasteiger partial charge is 0.780 e. The Balaban J connectivity index is 0.635. The van der Waals surface area contributed by atoms with Gasteiger partial charge in [0, 0.05) is 123 Å². The number of aromatic amines is 4. The van der Waals surface area contributed by atoms with Crippen molar-refractivity contribution in [3.05, 3.63) is 188 Å². The van der Waals surface area contributed by atoms with Gasteiger partial charge in [0.1, 0.15) is 144 Å². The molecule has 143 heavy (non-hydrogen) atoms. The van der Waals surface area contributed by atoms with E-state index in [1.807, 2.05) is 0 Å². The molecule has 7 aliphatic heterocycles. The lowest BCUT2D eigenvalue weighted by Gasteiger charge is -2.36. The lowest BCUT2D eigenvalue weighted by molar-refractivity contribution is -0.221. The lowest BCUT2D eigenvalue weighted by Crippen LogP contribution is -2.34. The molecule has 0 aliphatic carbocycles. The van der Waals surface area contributed by atoms with Crippen LogP contribution in [0.1, 0.15) is 135 Å². The van der Waals surface area contributed by atoms with Crippen molar-refractivity contribution in [2.75, 3.05) is 64.0 Å². The summed E-state index contributed by atoms with van der Waals surface area (Å²) in [7, 11) is 1.02. The minimum atomic E-state index is -5.07. The molecular formula is C72H91N19O38P7S7-7. The first kappa shape index (κ1) is 111. The zero-order valence-corrected chi connectivity index (χ0v) is 87.7. The number of ether oxygens (including phenoxy) is 7. The van der Waals surface area contributed by atoms with Crippen LogP contribution >= 0.6 is 47.1 Å². The second-order valence-corrected chi connectivity index (χ2v) is 52.6. The van der Waals surface area contributed by atoms with Crippen LogP contribution in [0.25, 0.3) is 11.2 Å². The molecule has 7 saturated heterocycles. The summed E-state index contributed by atoms with van der Waals surface area (Å²) in [6, 6.07) is 0. The molecule has 10 N–H and O–H groups in total. The van der Waals surface area contributed by atoms with E-state index >= 15 is 0 Å². The maximum atomic E-state index is 15.0. The second kappa shape index (κ2) is 44.8. The van der Waals surface area contributed by atoms with Crippen molar-refractivity contribution in [1.29, 1.82) is 0 Å². The second-order valence-electron chi connectivity index (χ2n) is 33.6. The molecule has 15 rings (SSSR count). The highest BCUT2D eigenvalue weighted by molar-refractivity contribution is 8.32. The van der Waals surface area contributed by atoms with Crippen molar-refractivity contribution < 1.29 is 130 Å². The fraction of sp³-hybridized carbons (Fsp3) is 0.597. The Bertz CT molecular complexity index is 7180. The molecule has 0 radical (unpaired) electrons. The van der Waals surface area contributed by atoms with E-state index in [9.17, 15) is 81.9 Å². The summed E-state index contributed by atoms with van der Waals surface area (Å²) in [6.45, 7) is -28.6. The Morgan fingerprint density at radius 2 is 0.615 bits per heavy atom. The highest BCUT2D eigenvalue weighted by Gasteiger charge is 2.49. The maximum Gasteiger partial charge on any atom is 0.351 e. The number of aromatic nitrogens is 16. The van der Waals surface area contributed by atoms with Gasteiger partial charge in [-0.15, -0.1) is 0 Å². The fourth-order valence-corrected chi connectivity index (χ4v) is 26.1. The predicted molar refractivity (Wildman–Crippen MR) is 507 cm³/mol. The maximum absolute atomic E-state index is 15.0. The molecule has 7 aliphatic rings. The molecule has 14 unspecified atom stereocenters. The number of aryl methyl sites for hydroxylation is 6. The number of fused-ring (bicyclic) bond motifs is 1. The quantitative estimate of drug-likeness (QED) is 0.0150. The van der Waals surface area contributed by atoms with Crippen molar-refractivity contribution in [3.63, 3.8) is 0 Å². The van der Waals surface area contributed by atoms with Gasteiger partial charge in [-0.1, -0.05) is 77.8 Å². The molecule has 0 bridgehead atoms. The molecule has 0 aromatic carbocycles. The Labute approximate surface area is 841 Å². The van der Waals surface area contributed by atoms with Gasteiger partial charge in [-0.25, -0.2) is 43.7 Å². The summed E-state index contributed by atoms with van der Waals surface area (Å²) >= 11 is 37.8. The minimum absolute atomic E-state index is 0.000618. The summed E-state index contributed by atoms with van der Waals surface area (Å²) in [5.41, 5.74) is 10.3.